The molecule has 0 spiro atoms. The molecular weight excluding hydrogens is 273 g/mol. The number of hydrogen-bond acceptors (Lipinski definition) is 3. The third-order valence-electron chi connectivity index (χ3n) is 3.93. The molecule has 0 bridgehead atoms. The Morgan fingerprint density at radius 3 is 2.20 bits per heavy atom. The summed E-state index contributed by atoms with van der Waals surface area (Å²) in [6, 6.07) is 0. The molecule has 118 valence electrons. The third kappa shape index (κ3) is 4.63. The molecule has 1 N–H and O–H groups in total. The summed E-state index contributed by atoms with van der Waals surface area (Å²) in [6.07, 6.45) is -6.45. The van der Waals surface area contributed by atoms with Gasteiger partial charge in [-0.1, -0.05) is 13.8 Å². The van der Waals surface area contributed by atoms with Crippen LogP contribution in [0, 0.1) is 5.92 Å². The Balaban J connectivity index is 2.44. The lowest BCUT2D eigenvalue weighted by atomic mass is 9.91. The Bertz CT molecular complexity index is 311. The Labute approximate surface area is 117 Å². The van der Waals surface area contributed by atoms with Crippen molar-refractivity contribution in [1.82, 2.24) is 9.80 Å². The molecule has 0 aromatic carbocycles. The molecule has 0 radical (unpaired) electrons. The number of aliphatic hydroxyl groups is 1. The molecule has 0 saturated carbocycles. The van der Waals surface area contributed by atoms with E-state index in [1.807, 2.05) is 18.7 Å². The third-order valence-corrected chi connectivity index (χ3v) is 3.93. The first kappa shape index (κ1) is 17.2. The maximum absolute atomic E-state index is 12.4. The van der Waals surface area contributed by atoms with Gasteiger partial charge < -0.3 is 10.0 Å². The average Bonchev–Trinajstić information content (AvgIpc) is 2.42. The van der Waals surface area contributed by atoms with Gasteiger partial charge in [-0.15, -0.1) is 0 Å². The van der Waals surface area contributed by atoms with E-state index in [0.717, 1.165) is 13.1 Å². The molecule has 0 aromatic rings. The van der Waals surface area contributed by atoms with Gasteiger partial charge in [0.25, 0.3) is 0 Å². The van der Waals surface area contributed by atoms with E-state index in [9.17, 15) is 23.1 Å². The number of carbonyl (C=O) groups is 1. The Kier molecular flexibility index (Phi) is 6.26. The van der Waals surface area contributed by atoms with Crippen LogP contribution >= 0.6 is 0 Å². The fourth-order valence-electron chi connectivity index (χ4n) is 2.47. The molecule has 20 heavy (non-hydrogen) atoms. The van der Waals surface area contributed by atoms with Crippen molar-refractivity contribution >= 4 is 5.91 Å². The van der Waals surface area contributed by atoms with Crippen molar-refractivity contribution < 1.29 is 23.1 Å². The standard InChI is InChI=1S/C13H23F3N2O2/c1-3-17(4-2)9-11(19)18-7-5-10(6-8-18)12(20)13(14,15)16/h10,12,20H,3-9H2,1-2H3. The van der Waals surface area contributed by atoms with Gasteiger partial charge in [0.1, 0.15) is 0 Å². The molecule has 1 aliphatic rings. The van der Waals surface area contributed by atoms with E-state index in [1.54, 1.807) is 4.90 Å². The molecule has 1 rings (SSSR count). The van der Waals surface area contributed by atoms with E-state index in [4.69, 9.17) is 0 Å². The molecule has 0 aliphatic carbocycles. The lowest BCUT2D eigenvalue weighted by Crippen LogP contribution is -2.47. The van der Waals surface area contributed by atoms with E-state index in [2.05, 4.69) is 0 Å². The van der Waals surface area contributed by atoms with Crippen LogP contribution in [0.15, 0.2) is 0 Å². The highest BCUT2D eigenvalue weighted by Crippen LogP contribution is 2.31. The predicted molar refractivity (Wildman–Crippen MR) is 69.2 cm³/mol. The van der Waals surface area contributed by atoms with Crippen LogP contribution in [0.2, 0.25) is 0 Å². The van der Waals surface area contributed by atoms with Gasteiger partial charge in [-0.25, -0.2) is 0 Å². The number of halogens is 3. The van der Waals surface area contributed by atoms with Gasteiger partial charge in [-0.05, 0) is 31.8 Å². The van der Waals surface area contributed by atoms with Gasteiger partial charge >= 0.3 is 6.18 Å². The largest absolute Gasteiger partial charge is 0.414 e. The predicted octanol–water partition coefficient (Wildman–Crippen LogP) is 1.49. The van der Waals surface area contributed by atoms with Crippen molar-refractivity contribution in [3.05, 3.63) is 0 Å². The Hall–Kier alpha value is -0.820. The molecule has 0 aromatic heterocycles. The smallest absolute Gasteiger partial charge is 0.383 e. The molecule has 1 saturated heterocycles. The number of amides is 1. The molecule has 4 nitrogen and oxygen atoms in total. The second kappa shape index (κ2) is 7.26. The maximum Gasteiger partial charge on any atom is 0.414 e. The Morgan fingerprint density at radius 2 is 1.80 bits per heavy atom. The second-order valence-corrected chi connectivity index (χ2v) is 5.17. The summed E-state index contributed by atoms with van der Waals surface area (Å²) >= 11 is 0. The number of rotatable bonds is 5. The van der Waals surface area contributed by atoms with Crippen LogP contribution in [0.4, 0.5) is 13.2 Å². The molecular formula is C13H23F3N2O2. The van der Waals surface area contributed by atoms with Crippen LogP contribution in [0.25, 0.3) is 0 Å². The lowest BCUT2D eigenvalue weighted by molar-refractivity contribution is -0.222. The zero-order valence-electron chi connectivity index (χ0n) is 12.0. The molecule has 7 heteroatoms. The fraction of sp³-hybridized carbons (Fsp3) is 0.923. The number of carbonyl (C=O) groups excluding carboxylic acids is 1. The number of alkyl halides is 3. The maximum atomic E-state index is 12.4. The zero-order chi connectivity index (χ0) is 15.3. The number of nitrogens with zero attached hydrogens (tertiary/aromatic N) is 2. The highest BCUT2D eigenvalue weighted by Gasteiger charge is 2.44. The fourth-order valence-corrected chi connectivity index (χ4v) is 2.47. The van der Waals surface area contributed by atoms with Crippen molar-refractivity contribution in [2.75, 3.05) is 32.7 Å². The van der Waals surface area contributed by atoms with Gasteiger partial charge in [0, 0.05) is 13.1 Å². The van der Waals surface area contributed by atoms with Crippen molar-refractivity contribution in [1.29, 1.82) is 0 Å². The van der Waals surface area contributed by atoms with Crippen LogP contribution in [0.5, 0.6) is 0 Å². The van der Waals surface area contributed by atoms with E-state index in [1.165, 1.54) is 0 Å². The summed E-state index contributed by atoms with van der Waals surface area (Å²) in [5.74, 6) is -0.846. The molecule has 1 atom stereocenters. The first-order valence-corrected chi connectivity index (χ1v) is 7.04. The lowest BCUT2D eigenvalue weighted by Gasteiger charge is -2.35. The zero-order valence-corrected chi connectivity index (χ0v) is 12.0. The quantitative estimate of drug-likeness (QED) is 0.836. The van der Waals surface area contributed by atoms with Crippen molar-refractivity contribution in [2.45, 2.75) is 39.0 Å². The first-order valence-electron chi connectivity index (χ1n) is 7.04. The minimum Gasteiger partial charge on any atom is -0.383 e. The molecule has 1 heterocycles. The van der Waals surface area contributed by atoms with E-state index >= 15 is 0 Å². The molecule has 1 aliphatic heterocycles. The number of likely N-dealkylation sites (tertiary alicyclic amines) is 1. The van der Waals surface area contributed by atoms with Crippen LogP contribution in [-0.2, 0) is 4.79 Å². The highest BCUT2D eigenvalue weighted by atomic mass is 19.4. The normalized spacial score (nSPS) is 19.4. The topological polar surface area (TPSA) is 43.8 Å². The summed E-state index contributed by atoms with van der Waals surface area (Å²) in [6.45, 7) is 6.34. The van der Waals surface area contributed by atoms with E-state index in [-0.39, 0.29) is 31.8 Å². The molecule has 1 amide bonds. The summed E-state index contributed by atoms with van der Waals surface area (Å²) in [4.78, 5) is 15.6. The van der Waals surface area contributed by atoms with E-state index < -0.39 is 18.2 Å². The summed E-state index contributed by atoms with van der Waals surface area (Å²) < 4.78 is 37.2. The second-order valence-electron chi connectivity index (χ2n) is 5.17. The number of hydrogen-bond donors (Lipinski definition) is 1. The van der Waals surface area contributed by atoms with Crippen LogP contribution in [0.3, 0.4) is 0 Å². The summed E-state index contributed by atoms with van der Waals surface area (Å²) in [7, 11) is 0. The van der Waals surface area contributed by atoms with Crippen molar-refractivity contribution in [2.24, 2.45) is 5.92 Å². The SMILES string of the molecule is CCN(CC)CC(=O)N1CCC(C(O)C(F)(F)F)CC1. The van der Waals surface area contributed by atoms with Gasteiger partial charge in [-0.3, -0.25) is 9.69 Å². The summed E-state index contributed by atoms with van der Waals surface area (Å²) in [5.41, 5.74) is 0. The minimum absolute atomic E-state index is 0.0475. The minimum atomic E-state index is -4.57. The van der Waals surface area contributed by atoms with Gasteiger partial charge in [-0.2, -0.15) is 13.2 Å². The molecule has 1 fully saturated rings. The first-order chi connectivity index (χ1) is 9.29. The average molecular weight is 296 g/mol. The van der Waals surface area contributed by atoms with Gasteiger partial charge in [0.15, 0.2) is 6.10 Å². The number of likely N-dealkylation sites (N-methyl/N-ethyl adjacent to an activating group) is 1. The van der Waals surface area contributed by atoms with Crippen LogP contribution in [-0.4, -0.2) is 65.8 Å². The number of piperidine rings is 1. The monoisotopic (exact) mass is 296 g/mol. The van der Waals surface area contributed by atoms with Crippen LogP contribution < -0.4 is 0 Å². The molecule has 1 unspecified atom stereocenters. The number of aliphatic hydroxyl groups excluding tert-OH is 1. The highest BCUT2D eigenvalue weighted by molar-refractivity contribution is 5.78. The Morgan fingerprint density at radius 1 is 1.30 bits per heavy atom. The van der Waals surface area contributed by atoms with E-state index in [0.29, 0.717) is 6.54 Å². The summed E-state index contributed by atoms with van der Waals surface area (Å²) in [5, 5.41) is 9.22. The van der Waals surface area contributed by atoms with Gasteiger partial charge in [0.05, 0.1) is 6.54 Å². The van der Waals surface area contributed by atoms with Crippen molar-refractivity contribution in [3.8, 4) is 0 Å². The van der Waals surface area contributed by atoms with Crippen molar-refractivity contribution in [3.63, 3.8) is 0 Å². The van der Waals surface area contributed by atoms with Crippen LogP contribution in [0.1, 0.15) is 26.7 Å². The van der Waals surface area contributed by atoms with Gasteiger partial charge in [0.2, 0.25) is 5.91 Å².